The van der Waals surface area contributed by atoms with Crippen molar-refractivity contribution >= 4 is 10.0 Å². The second kappa shape index (κ2) is 6.61. The van der Waals surface area contributed by atoms with Crippen LogP contribution < -0.4 is 9.46 Å². The molecule has 1 heterocycles. The van der Waals surface area contributed by atoms with Crippen molar-refractivity contribution in [3.8, 4) is 5.75 Å². The van der Waals surface area contributed by atoms with Gasteiger partial charge >= 0.3 is 0 Å². The van der Waals surface area contributed by atoms with Gasteiger partial charge in [-0.25, -0.2) is 23.1 Å². The molecule has 2 N–H and O–H groups in total. The van der Waals surface area contributed by atoms with E-state index in [4.69, 9.17) is 9.84 Å². The van der Waals surface area contributed by atoms with Crippen LogP contribution in [0.25, 0.3) is 0 Å². The maximum Gasteiger partial charge on any atom is 0.244 e. The molecule has 0 saturated carbocycles. The molecular formula is C13H15N3O4S. The molecule has 8 heteroatoms. The number of hydrogen-bond acceptors (Lipinski definition) is 6. The number of aromatic nitrogens is 2. The van der Waals surface area contributed by atoms with Gasteiger partial charge in [-0.15, -0.1) is 0 Å². The van der Waals surface area contributed by atoms with Gasteiger partial charge in [0, 0.05) is 6.20 Å². The zero-order valence-corrected chi connectivity index (χ0v) is 12.2. The fourth-order valence-corrected chi connectivity index (χ4v) is 2.85. The molecule has 0 bridgehead atoms. The number of sulfonamides is 1. The van der Waals surface area contributed by atoms with Crippen LogP contribution in [-0.2, 0) is 23.2 Å². The van der Waals surface area contributed by atoms with Crippen molar-refractivity contribution in [2.45, 2.75) is 18.0 Å². The van der Waals surface area contributed by atoms with Gasteiger partial charge in [0.25, 0.3) is 0 Å². The maximum absolute atomic E-state index is 12.3. The van der Waals surface area contributed by atoms with Gasteiger partial charge in [-0.05, 0) is 23.8 Å². The van der Waals surface area contributed by atoms with Crippen molar-refractivity contribution in [2.75, 3.05) is 7.11 Å². The Balaban J connectivity index is 2.23. The molecule has 1 aromatic heterocycles. The van der Waals surface area contributed by atoms with Gasteiger partial charge in [0.2, 0.25) is 10.0 Å². The molecule has 7 nitrogen and oxygen atoms in total. The van der Waals surface area contributed by atoms with Crippen molar-refractivity contribution in [1.82, 2.24) is 14.7 Å². The number of nitrogens with zero attached hydrogens (tertiary/aromatic N) is 2. The summed E-state index contributed by atoms with van der Waals surface area (Å²) in [6.45, 7) is -0.138. The van der Waals surface area contributed by atoms with E-state index >= 15 is 0 Å². The third kappa shape index (κ3) is 3.75. The molecule has 0 aliphatic rings. The predicted octanol–water partition coefficient (Wildman–Crippen LogP) is 0.456. The van der Waals surface area contributed by atoms with Crippen LogP contribution in [0.4, 0.5) is 0 Å². The molecule has 112 valence electrons. The highest BCUT2D eigenvalue weighted by Gasteiger charge is 2.19. The van der Waals surface area contributed by atoms with E-state index in [1.54, 1.807) is 6.07 Å². The molecule has 2 rings (SSSR count). The predicted molar refractivity (Wildman–Crippen MR) is 75.0 cm³/mol. The van der Waals surface area contributed by atoms with Gasteiger partial charge in [-0.1, -0.05) is 6.07 Å². The van der Waals surface area contributed by atoms with Gasteiger partial charge in [0.1, 0.15) is 17.0 Å². The number of methoxy groups -OCH3 is 1. The first-order valence-electron chi connectivity index (χ1n) is 6.09. The zero-order chi connectivity index (χ0) is 15.3. The number of rotatable bonds is 6. The lowest BCUT2D eigenvalue weighted by Gasteiger charge is -2.11. The summed E-state index contributed by atoms with van der Waals surface area (Å²) in [7, 11) is -2.37. The van der Waals surface area contributed by atoms with E-state index in [0.29, 0.717) is 11.3 Å². The van der Waals surface area contributed by atoms with Crippen LogP contribution in [0.2, 0.25) is 0 Å². The molecule has 2 aromatic rings. The Kier molecular flexibility index (Phi) is 4.84. The zero-order valence-electron chi connectivity index (χ0n) is 11.4. The van der Waals surface area contributed by atoms with Crippen LogP contribution in [0.15, 0.2) is 41.7 Å². The second-order valence-electron chi connectivity index (χ2n) is 4.17. The van der Waals surface area contributed by atoms with Crippen LogP contribution >= 0.6 is 0 Å². The molecule has 0 fully saturated rings. The minimum atomic E-state index is -3.74. The lowest BCUT2D eigenvalue weighted by Crippen LogP contribution is -2.24. The summed E-state index contributed by atoms with van der Waals surface area (Å²) < 4.78 is 32.1. The lowest BCUT2D eigenvalue weighted by molar-refractivity contribution is 0.280. The fourth-order valence-electron chi connectivity index (χ4n) is 1.70. The molecule has 0 amide bonds. The minimum Gasteiger partial charge on any atom is -0.495 e. The molecule has 0 atom stereocenters. The third-order valence-electron chi connectivity index (χ3n) is 2.79. The number of hydrogen-bond donors (Lipinski definition) is 2. The molecule has 1 aromatic carbocycles. The Morgan fingerprint density at radius 1 is 1.33 bits per heavy atom. The summed E-state index contributed by atoms with van der Waals surface area (Å²) in [6, 6.07) is 6.03. The summed E-state index contributed by atoms with van der Waals surface area (Å²) in [5, 5.41) is 9.07. The third-order valence-corrected chi connectivity index (χ3v) is 4.23. The Morgan fingerprint density at radius 2 is 2.14 bits per heavy atom. The van der Waals surface area contributed by atoms with Gasteiger partial charge in [-0.3, -0.25) is 0 Å². The average molecular weight is 309 g/mol. The maximum atomic E-state index is 12.3. The SMILES string of the molecule is COc1cc(CO)ccc1S(=O)(=O)NCc1ccncn1. The minimum absolute atomic E-state index is 0.0104. The first kappa shape index (κ1) is 15.4. The molecule has 0 radical (unpaired) electrons. The van der Waals surface area contributed by atoms with E-state index in [2.05, 4.69) is 14.7 Å². The van der Waals surface area contributed by atoms with E-state index in [1.165, 1.54) is 37.8 Å². The van der Waals surface area contributed by atoms with Crippen molar-refractivity contribution in [2.24, 2.45) is 0 Å². The lowest BCUT2D eigenvalue weighted by atomic mass is 10.2. The molecule has 21 heavy (non-hydrogen) atoms. The standard InChI is InChI=1S/C13H15N3O4S/c1-20-12-6-10(8-17)2-3-13(12)21(18,19)16-7-11-4-5-14-9-15-11/h2-6,9,16-17H,7-8H2,1H3. The van der Waals surface area contributed by atoms with E-state index in [1.807, 2.05) is 0 Å². The Bertz CT molecular complexity index is 705. The summed E-state index contributed by atoms with van der Waals surface area (Å²) >= 11 is 0. The largest absolute Gasteiger partial charge is 0.495 e. The van der Waals surface area contributed by atoms with Crippen LogP contribution in [0, 0.1) is 0 Å². The van der Waals surface area contributed by atoms with Crippen molar-refractivity contribution in [1.29, 1.82) is 0 Å². The van der Waals surface area contributed by atoms with Crippen LogP contribution in [0.1, 0.15) is 11.3 Å². The monoisotopic (exact) mass is 309 g/mol. The van der Waals surface area contributed by atoms with Crippen molar-refractivity contribution < 1.29 is 18.3 Å². The molecule has 0 aliphatic heterocycles. The smallest absolute Gasteiger partial charge is 0.244 e. The van der Waals surface area contributed by atoms with Gasteiger partial charge in [0.15, 0.2) is 0 Å². The fraction of sp³-hybridized carbons (Fsp3) is 0.231. The number of ether oxygens (including phenoxy) is 1. The quantitative estimate of drug-likeness (QED) is 0.803. The first-order chi connectivity index (χ1) is 10.1. The van der Waals surface area contributed by atoms with Crippen LogP contribution in [-0.4, -0.2) is 30.6 Å². The molecular weight excluding hydrogens is 294 g/mol. The number of nitrogens with one attached hydrogen (secondary N) is 1. The van der Waals surface area contributed by atoms with Gasteiger partial charge < -0.3 is 9.84 Å². The molecule has 0 unspecified atom stereocenters. The summed E-state index contributed by atoms with van der Waals surface area (Å²) in [5.74, 6) is 0.178. The number of aliphatic hydroxyl groups excluding tert-OH is 1. The van der Waals surface area contributed by atoms with Crippen molar-refractivity contribution in [3.05, 3.63) is 48.0 Å². The van der Waals surface area contributed by atoms with Crippen LogP contribution in [0.5, 0.6) is 5.75 Å². The summed E-state index contributed by atoms with van der Waals surface area (Å²) in [4.78, 5) is 7.72. The number of aliphatic hydroxyl groups is 1. The first-order valence-corrected chi connectivity index (χ1v) is 7.57. The highest BCUT2D eigenvalue weighted by Crippen LogP contribution is 2.25. The van der Waals surface area contributed by atoms with Gasteiger partial charge in [-0.2, -0.15) is 0 Å². The Morgan fingerprint density at radius 3 is 2.76 bits per heavy atom. The Hall–Kier alpha value is -2.03. The van der Waals surface area contributed by atoms with Gasteiger partial charge in [0.05, 0.1) is 26.0 Å². The van der Waals surface area contributed by atoms with E-state index in [-0.39, 0.29) is 23.8 Å². The molecule has 0 spiro atoms. The molecule has 0 saturated heterocycles. The highest BCUT2D eigenvalue weighted by atomic mass is 32.2. The average Bonchev–Trinajstić information content (AvgIpc) is 2.53. The van der Waals surface area contributed by atoms with Crippen LogP contribution in [0.3, 0.4) is 0 Å². The topological polar surface area (TPSA) is 101 Å². The Labute approximate surface area is 122 Å². The van der Waals surface area contributed by atoms with Crippen molar-refractivity contribution in [3.63, 3.8) is 0 Å². The number of benzene rings is 1. The normalized spacial score (nSPS) is 11.3. The molecule has 0 aliphatic carbocycles. The van der Waals surface area contributed by atoms with E-state index in [9.17, 15) is 8.42 Å². The second-order valence-corrected chi connectivity index (χ2v) is 5.90. The summed E-state index contributed by atoms with van der Waals surface area (Å²) in [6.07, 6.45) is 2.88. The van der Waals surface area contributed by atoms with E-state index < -0.39 is 10.0 Å². The highest BCUT2D eigenvalue weighted by molar-refractivity contribution is 7.89. The summed E-state index contributed by atoms with van der Waals surface area (Å²) in [5.41, 5.74) is 1.13. The van der Waals surface area contributed by atoms with E-state index in [0.717, 1.165) is 0 Å².